The number of thioether (sulfide) groups is 1. The van der Waals surface area contributed by atoms with E-state index in [2.05, 4.69) is 37.2 Å². The van der Waals surface area contributed by atoms with Gasteiger partial charge in [0.25, 0.3) is 0 Å². The van der Waals surface area contributed by atoms with E-state index in [1.807, 2.05) is 11.8 Å². The lowest BCUT2D eigenvalue weighted by atomic mass is 10.1. The van der Waals surface area contributed by atoms with Crippen LogP contribution in [0.2, 0.25) is 0 Å². The molecule has 0 spiro atoms. The van der Waals surface area contributed by atoms with Crippen molar-refractivity contribution in [3.8, 4) is 0 Å². The van der Waals surface area contributed by atoms with E-state index in [4.69, 9.17) is 4.99 Å². The summed E-state index contributed by atoms with van der Waals surface area (Å²) in [6.45, 7) is 10.0. The van der Waals surface area contributed by atoms with E-state index in [1.54, 1.807) is 0 Å². The Morgan fingerprint density at radius 3 is 2.47 bits per heavy atom. The monoisotopic (exact) mass is 401 g/mol. The zero-order valence-corrected chi connectivity index (χ0v) is 15.6. The molecule has 0 aromatic carbocycles. The fourth-order valence-corrected chi connectivity index (χ4v) is 2.03. The predicted octanol–water partition coefficient (Wildman–Crippen LogP) is 2.17. The molecule has 0 amide bonds. The molecule has 0 unspecified atom stereocenters. The molecule has 6 heteroatoms. The Kier molecular flexibility index (Phi) is 9.43. The molecule has 1 saturated heterocycles. The Bertz CT molecular complexity index is 279. The molecule has 19 heavy (non-hydrogen) atoms. The molecule has 0 radical (unpaired) electrons. The Labute approximate surface area is 138 Å². The lowest BCUT2D eigenvalue weighted by Gasteiger charge is -2.33. The maximum Gasteiger partial charge on any atom is 0.193 e. The molecule has 0 aliphatic carbocycles. The average Bonchev–Trinajstić information content (AvgIpc) is 2.36. The van der Waals surface area contributed by atoms with Crippen LogP contribution in [0.5, 0.6) is 0 Å². The number of aliphatic imine (C=N–C) groups is 1. The molecule has 0 saturated carbocycles. The van der Waals surface area contributed by atoms with E-state index in [9.17, 15) is 5.11 Å². The highest BCUT2D eigenvalue weighted by Crippen LogP contribution is 2.21. The van der Waals surface area contributed by atoms with Crippen molar-refractivity contribution in [2.45, 2.75) is 44.5 Å². The number of rotatable bonds is 4. The van der Waals surface area contributed by atoms with Crippen molar-refractivity contribution < 1.29 is 5.11 Å². The summed E-state index contributed by atoms with van der Waals surface area (Å²) in [4.78, 5) is 6.99. The summed E-state index contributed by atoms with van der Waals surface area (Å²) in [5.41, 5.74) is 0. The molecular formula is C13H28IN3OS. The van der Waals surface area contributed by atoms with Gasteiger partial charge in [0, 0.05) is 24.4 Å². The molecule has 1 aliphatic rings. The van der Waals surface area contributed by atoms with Crippen molar-refractivity contribution in [3.63, 3.8) is 0 Å². The van der Waals surface area contributed by atoms with Gasteiger partial charge in [0.05, 0.1) is 12.6 Å². The second-order valence-electron chi connectivity index (χ2n) is 5.35. The largest absolute Gasteiger partial charge is 0.393 e. The molecule has 1 rings (SSSR count). The first-order valence-electron chi connectivity index (χ1n) is 6.75. The van der Waals surface area contributed by atoms with Crippen molar-refractivity contribution in [2.24, 2.45) is 4.99 Å². The van der Waals surface area contributed by atoms with Crippen LogP contribution in [0.4, 0.5) is 0 Å². The average molecular weight is 401 g/mol. The van der Waals surface area contributed by atoms with Crippen LogP contribution in [0.15, 0.2) is 4.99 Å². The Balaban J connectivity index is 0.00000324. The van der Waals surface area contributed by atoms with Crippen LogP contribution >= 0.6 is 35.7 Å². The van der Waals surface area contributed by atoms with Gasteiger partial charge in [0.1, 0.15) is 0 Å². The van der Waals surface area contributed by atoms with E-state index in [0.717, 1.165) is 45.0 Å². The smallest absolute Gasteiger partial charge is 0.193 e. The molecule has 2 N–H and O–H groups in total. The number of aliphatic hydroxyl groups is 1. The minimum Gasteiger partial charge on any atom is -0.393 e. The number of piperidine rings is 1. The zero-order valence-electron chi connectivity index (χ0n) is 12.5. The van der Waals surface area contributed by atoms with Gasteiger partial charge >= 0.3 is 0 Å². The van der Waals surface area contributed by atoms with Crippen LogP contribution < -0.4 is 5.32 Å². The number of hydrogen-bond acceptors (Lipinski definition) is 3. The summed E-state index contributed by atoms with van der Waals surface area (Å²) >= 11 is 1.84. The molecule has 0 aromatic heterocycles. The highest BCUT2D eigenvalue weighted by Gasteiger charge is 2.21. The van der Waals surface area contributed by atoms with Crippen molar-refractivity contribution in [1.29, 1.82) is 0 Å². The summed E-state index contributed by atoms with van der Waals surface area (Å²) in [6.07, 6.45) is 3.68. The summed E-state index contributed by atoms with van der Waals surface area (Å²) in [5.74, 6) is 0.992. The van der Waals surface area contributed by atoms with Crippen LogP contribution in [0.1, 0.15) is 33.6 Å². The Hall–Kier alpha value is 0.310. The third kappa shape index (κ3) is 7.04. The van der Waals surface area contributed by atoms with Gasteiger partial charge in [-0.1, -0.05) is 0 Å². The van der Waals surface area contributed by atoms with Crippen molar-refractivity contribution in [3.05, 3.63) is 0 Å². The number of aliphatic hydroxyl groups excluding tert-OH is 1. The van der Waals surface area contributed by atoms with Gasteiger partial charge in [-0.3, -0.25) is 4.99 Å². The zero-order chi connectivity index (χ0) is 13.6. The second-order valence-corrected chi connectivity index (χ2v) is 6.87. The number of guanidine groups is 1. The van der Waals surface area contributed by atoms with Crippen molar-refractivity contribution in [1.82, 2.24) is 10.2 Å². The molecule has 4 nitrogen and oxygen atoms in total. The molecule has 1 fully saturated rings. The quantitative estimate of drug-likeness (QED) is 0.431. The topological polar surface area (TPSA) is 47.9 Å². The SMILES string of the molecule is CCNC(=NCC(C)(C)SC)N1CCC(O)CC1.I. The van der Waals surface area contributed by atoms with Gasteiger partial charge in [-0.05, 0) is 39.9 Å². The van der Waals surface area contributed by atoms with E-state index in [1.165, 1.54) is 0 Å². The van der Waals surface area contributed by atoms with E-state index in [0.29, 0.717) is 0 Å². The first-order valence-corrected chi connectivity index (χ1v) is 7.97. The molecule has 1 aliphatic heterocycles. The summed E-state index contributed by atoms with van der Waals surface area (Å²) in [6, 6.07) is 0. The number of likely N-dealkylation sites (tertiary alicyclic amines) is 1. The third-order valence-corrected chi connectivity index (χ3v) is 4.50. The van der Waals surface area contributed by atoms with Crippen LogP contribution in [0, 0.1) is 0 Å². The molecule has 0 atom stereocenters. The third-order valence-electron chi connectivity index (χ3n) is 3.26. The van der Waals surface area contributed by atoms with Crippen LogP contribution in [-0.4, -0.2) is 59.3 Å². The van der Waals surface area contributed by atoms with Crippen LogP contribution in [0.25, 0.3) is 0 Å². The van der Waals surface area contributed by atoms with E-state index in [-0.39, 0.29) is 34.8 Å². The normalized spacial score (nSPS) is 18.2. The van der Waals surface area contributed by atoms with Gasteiger partial charge in [0.2, 0.25) is 0 Å². The Morgan fingerprint density at radius 2 is 2.00 bits per heavy atom. The lowest BCUT2D eigenvalue weighted by Crippen LogP contribution is -2.47. The summed E-state index contributed by atoms with van der Waals surface area (Å²) < 4.78 is 0.177. The lowest BCUT2D eigenvalue weighted by molar-refractivity contribution is 0.108. The van der Waals surface area contributed by atoms with Crippen molar-refractivity contribution in [2.75, 3.05) is 32.4 Å². The minimum atomic E-state index is -0.133. The van der Waals surface area contributed by atoms with Crippen LogP contribution in [0.3, 0.4) is 0 Å². The fraction of sp³-hybridized carbons (Fsp3) is 0.923. The summed E-state index contributed by atoms with van der Waals surface area (Å²) in [5, 5.41) is 12.9. The first kappa shape index (κ1) is 19.3. The van der Waals surface area contributed by atoms with Gasteiger partial charge in [-0.25, -0.2) is 0 Å². The first-order chi connectivity index (χ1) is 8.48. The van der Waals surface area contributed by atoms with Gasteiger partial charge in [-0.2, -0.15) is 11.8 Å². The number of hydrogen-bond donors (Lipinski definition) is 2. The van der Waals surface area contributed by atoms with E-state index < -0.39 is 0 Å². The van der Waals surface area contributed by atoms with Gasteiger partial charge in [-0.15, -0.1) is 24.0 Å². The highest BCUT2D eigenvalue weighted by molar-refractivity contribution is 14.0. The molecule has 0 aromatic rings. The molecular weight excluding hydrogens is 373 g/mol. The number of halogens is 1. The fourth-order valence-electron chi connectivity index (χ4n) is 1.83. The minimum absolute atomic E-state index is 0. The Morgan fingerprint density at radius 1 is 1.42 bits per heavy atom. The standard InChI is InChI=1S/C13H27N3OS.HI/c1-5-14-12(15-10-13(2,3)18-4)16-8-6-11(17)7-9-16;/h11,17H,5-10H2,1-4H3,(H,14,15);1H. The number of nitrogens with one attached hydrogen (secondary N) is 1. The molecule has 114 valence electrons. The van der Waals surface area contributed by atoms with Gasteiger partial charge < -0.3 is 15.3 Å². The van der Waals surface area contributed by atoms with Crippen molar-refractivity contribution >= 4 is 41.7 Å². The number of nitrogens with zero attached hydrogens (tertiary/aromatic N) is 2. The molecule has 1 heterocycles. The molecule has 0 bridgehead atoms. The van der Waals surface area contributed by atoms with Crippen LogP contribution in [-0.2, 0) is 0 Å². The maximum atomic E-state index is 9.55. The highest BCUT2D eigenvalue weighted by atomic mass is 127. The predicted molar refractivity (Wildman–Crippen MR) is 95.8 cm³/mol. The van der Waals surface area contributed by atoms with E-state index >= 15 is 0 Å². The maximum absolute atomic E-state index is 9.55. The second kappa shape index (κ2) is 9.28. The van der Waals surface area contributed by atoms with Gasteiger partial charge in [0.15, 0.2) is 5.96 Å². The summed E-state index contributed by atoms with van der Waals surface area (Å²) in [7, 11) is 0.